The number of nitrogens with zero attached hydrogens (tertiary/aromatic N) is 1. The molecule has 1 atom stereocenters. The number of carbonyl (C=O) groups excluding carboxylic acids is 2. The SMILES string of the molecule is O=C(O)C1CCN(C(=O)c2cccc(Br)c2)C(=O)C1. The highest BCUT2D eigenvalue weighted by molar-refractivity contribution is 9.10. The molecule has 100 valence electrons. The molecule has 19 heavy (non-hydrogen) atoms. The number of rotatable bonds is 2. The summed E-state index contributed by atoms with van der Waals surface area (Å²) in [6.07, 6.45) is 0.190. The maximum atomic E-state index is 12.2. The van der Waals surface area contributed by atoms with Crippen LogP contribution in [0.15, 0.2) is 28.7 Å². The van der Waals surface area contributed by atoms with Gasteiger partial charge < -0.3 is 5.11 Å². The second-order valence-electron chi connectivity index (χ2n) is 4.39. The van der Waals surface area contributed by atoms with Crippen LogP contribution in [0.4, 0.5) is 0 Å². The number of carbonyl (C=O) groups is 3. The number of aliphatic carboxylic acids is 1. The lowest BCUT2D eigenvalue weighted by Gasteiger charge is -2.28. The Hall–Kier alpha value is -1.69. The van der Waals surface area contributed by atoms with Gasteiger partial charge in [0, 0.05) is 23.0 Å². The molecule has 0 aromatic heterocycles. The Balaban J connectivity index is 2.13. The zero-order valence-electron chi connectivity index (χ0n) is 10.0. The molecule has 1 aromatic rings. The van der Waals surface area contributed by atoms with Gasteiger partial charge in [0.1, 0.15) is 0 Å². The quantitative estimate of drug-likeness (QED) is 0.843. The Labute approximate surface area is 118 Å². The average molecular weight is 326 g/mol. The summed E-state index contributed by atoms with van der Waals surface area (Å²) in [5, 5.41) is 8.87. The highest BCUT2D eigenvalue weighted by Gasteiger charge is 2.33. The minimum atomic E-state index is -0.983. The minimum Gasteiger partial charge on any atom is -0.481 e. The molecule has 1 aliphatic rings. The molecule has 0 aliphatic carbocycles. The van der Waals surface area contributed by atoms with Gasteiger partial charge in [-0.3, -0.25) is 19.3 Å². The first kappa shape index (κ1) is 13.7. The highest BCUT2D eigenvalue weighted by Crippen LogP contribution is 2.21. The van der Waals surface area contributed by atoms with Crippen LogP contribution in [0.25, 0.3) is 0 Å². The number of carboxylic acids is 1. The fourth-order valence-corrected chi connectivity index (χ4v) is 2.43. The molecule has 0 spiro atoms. The topological polar surface area (TPSA) is 74.7 Å². The lowest BCUT2D eigenvalue weighted by molar-refractivity contribution is -0.148. The fourth-order valence-electron chi connectivity index (χ4n) is 2.04. The fraction of sp³-hybridized carbons (Fsp3) is 0.308. The predicted octanol–water partition coefficient (Wildman–Crippen LogP) is 1.91. The first-order valence-corrected chi connectivity index (χ1v) is 6.61. The van der Waals surface area contributed by atoms with Crippen LogP contribution in [0, 0.1) is 5.92 Å². The molecule has 1 aliphatic heterocycles. The Morgan fingerprint density at radius 2 is 2.11 bits per heavy atom. The van der Waals surface area contributed by atoms with Crippen LogP contribution in [-0.4, -0.2) is 34.3 Å². The van der Waals surface area contributed by atoms with Gasteiger partial charge in [0.05, 0.1) is 5.92 Å². The van der Waals surface area contributed by atoms with Gasteiger partial charge in [0.25, 0.3) is 5.91 Å². The molecule has 0 saturated carbocycles. The number of piperidine rings is 1. The van der Waals surface area contributed by atoms with Crippen LogP contribution in [-0.2, 0) is 9.59 Å². The summed E-state index contributed by atoms with van der Waals surface area (Å²) in [6.45, 7) is 0.154. The third kappa shape index (κ3) is 3.01. The molecular weight excluding hydrogens is 314 g/mol. The minimum absolute atomic E-state index is 0.116. The Morgan fingerprint density at radius 3 is 2.68 bits per heavy atom. The normalized spacial score (nSPS) is 19.3. The molecule has 1 aromatic carbocycles. The maximum Gasteiger partial charge on any atom is 0.307 e. The molecule has 2 amide bonds. The third-order valence-electron chi connectivity index (χ3n) is 3.09. The number of amides is 2. The summed E-state index contributed by atoms with van der Waals surface area (Å²) in [5.74, 6) is -2.47. The zero-order chi connectivity index (χ0) is 14.0. The summed E-state index contributed by atoms with van der Waals surface area (Å²) >= 11 is 3.26. The van der Waals surface area contributed by atoms with Gasteiger partial charge in [-0.25, -0.2) is 0 Å². The molecule has 1 unspecified atom stereocenters. The summed E-state index contributed by atoms with van der Waals surface area (Å²) < 4.78 is 0.756. The van der Waals surface area contributed by atoms with E-state index in [9.17, 15) is 14.4 Å². The lowest BCUT2D eigenvalue weighted by atomic mass is 9.96. The first-order chi connectivity index (χ1) is 8.99. The molecule has 0 radical (unpaired) electrons. The van der Waals surface area contributed by atoms with Crippen molar-refractivity contribution in [2.75, 3.05) is 6.54 Å². The van der Waals surface area contributed by atoms with Crippen LogP contribution in [0.1, 0.15) is 23.2 Å². The van der Waals surface area contributed by atoms with E-state index in [1.165, 1.54) is 0 Å². The van der Waals surface area contributed by atoms with Gasteiger partial charge in [0.15, 0.2) is 0 Å². The molecule has 1 saturated heterocycles. The van der Waals surface area contributed by atoms with E-state index in [0.717, 1.165) is 9.37 Å². The number of hydrogen-bond donors (Lipinski definition) is 1. The third-order valence-corrected chi connectivity index (χ3v) is 3.58. The van der Waals surface area contributed by atoms with Crippen LogP contribution < -0.4 is 0 Å². The lowest BCUT2D eigenvalue weighted by Crippen LogP contribution is -2.44. The van der Waals surface area contributed by atoms with Gasteiger partial charge in [0.2, 0.25) is 5.91 Å². The molecule has 1 heterocycles. The summed E-state index contributed by atoms with van der Waals surface area (Å²) in [5.41, 5.74) is 0.413. The van der Waals surface area contributed by atoms with Crippen molar-refractivity contribution in [3.05, 3.63) is 34.3 Å². The Morgan fingerprint density at radius 1 is 1.37 bits per heavy atom. The van der Waals surface area contributed by atoms with Crippen molar-refractivity contribution in [3.8, 4) is 0 Å². The summed E-state index contributed by atoms with van der Waals surface area (Å²) in [4.78, 5) is 36.0. The molecule has 1 fully saturated rings. The zero-order valence-corrected chi connectivity index (χ0v) is 11.6. The number of carboxylic acid groups (broad SMARTS) is 1. The van der Waals surface area contributed by atoms with E-state index in [-0.39, 0.29) is 18.9 Å². The monoisotopic (exact) mass is 325 g/mol. The van der Waals surface area contributed by atoms with Crippen molar-refractivity contribution in [2.24, 2.45) is 5.92 Å². The number of halogens is 1. The first-order valence-electron chi connectivity index (χ1n) is 5.82. The number of hydrogen-bond acceptors (Lipinski definition) is 3. The van der Waals surface area contributed by atoms with Crippen molar-refractivity contribution in [1.29, 1.82) is 0 Å². The molecular formula is C13H12BrNO4. The van der Waals surface area contributed by atoms with Gasteiger partial charge in [-0.1, -0.05) is 22.0 Å². The van der Waals surface area contributed by atoms with E-state index in [4.69, 9.17) is 5.11 Å². The van der Waals surface area contributed by atoms with Crippen LogP contribution >= 0.6 is 15.9 Å². The van der Waals surface area contributed by atoms with Crippen LogP contribution in [0.3, 0.4) is 0 Å². The number of benzene rings is 1. The Kier molecular flexibility index (Phi) is 3.99. The van der Waals surface area contributed by atoms with Crippen LogP contribution in [0.2, 0.25) is 0 Å². The van der Waals surface area contributed by atoms with Crippen molar-refractivity contribution >= 4 is 33.7 Å². The van der Waals surface area contributed by atoms with Gasteiger partial charge in [-0.2, -0.15) is 0 Å². The van der Waals surface area contributed by atoms with E-state index < -0.39 is 17.8 Å². The molecule has 5 nitrogen and oxygen atoms in total. The van der Waals surface area contributed by atoms with Crippen LogP contribution in [0.5, 0.6) is 0 Å². The molecule has 0 bridgehead atoms. The van der Waals surface area contributed by atoms with Crippen molar-refractivity contribution in [3.63, 3.8) is 0 Å². The van der Waals surface area contributed by atoms with Crippen molar-refractivity contribution < 1.29 is 19.5 Å². The Bertz CT molecular complexity index is 543. The van der Waals surface area contributed by atoms with Gasteiger partial charge in [-0.15, -0.1) is 0 Å². The van der Waals surface area contributed by atoms with Crippen molar-refractivity contribution in [1.82, 2.24) is 4.90 Å². The molecule has 2 rings (SSSR count). The van der Waals surface area contributed by atoms with E-state index in [2.05, 4.69) is 15.9 Å². The van der Waals surface area contributed by atoms with Crippen molar-refractivity contribution in [2.45, 2.75) is 12.8 Å². The summed E-state index contributed by atoms with van der Waals surface area (Å²) in [7, 11) is 0. The number of likely N-dealkylation sites (tertiary alicyclic amines) is 1. The van der Waals surface area contributed by atoms with Gasteiger partial charge >= 0.3 is 5.97 Å². The van der Waals surface area contributed by atoms with Gasteiger partial charge in [-0.05, 0) is 24.6 Å². The highest BCUT2D eigenvalue weighted by atomic mass is 79.9. The smallest absolute Gasteiger partial charge is 0.307 e. The van der Waals surface area contributed by atoms with E-state index in [1.807, 2.05) is 0 Å². The summed E-state index contributed by atoms with van der Waals surface area (Å²) in [6, 6.07) is 6.77. The second kappa shape index (κ2) is 5.52. The number of imide groups is 1. The molecule has 6 heteroatoms. The standard InChI is InChI=1S/C13H12BrNO4/c14-10-3-1-2-8(6-10)12(17)15-5-4-9(13(18)19)7-11(15)16/h1-3,6,9H,4-5,7H2,(H,18,19). The average Bonchev–Trinajstić information content (AvgIpc) is 2.37. The second-order valence-corrected chi connectivity index (χ2v) is 5.30. The predicted molar refractivity (Wildman–Crippen MR) is 70.5 cm³/mol. The van der Waals surface area contributed by atoms with E-state index in [0.29, 0.717) is 12.0 Å². The largest absolute Gasteiger partial charge is 0.481 e. The molecule has 1 N–H and O–H groups in total. The van der Waals surface area contributed by atoms with E-state index >= 15 is 0 Å². The maximum absolute atomic E-state index is 12.2. The van der Waals surface area contributed by atoms with E-state index in [1.54, 1.807) is 24.3 Å².